The lowest BCUT2D eigenvalue weighted by Gasteiger charge is -2.05. The number of imidazole rings is 1. The minimum atomic E-state index is -0.290. The summed E-state index contributed by atoms with van der Waals surface area (Å²) in [5.41, 5.74) is 2.34. The van der Waals surface area contributed by atoms with Crippen molar-refractivity contribution < 1.29 is 9.13 Å². The molecule has 0 aliphatic carbocycles. The average molecular weight is 291 g/mol. The number of fused-ring (bicyclic) bond motifs is 1. The van der Waals surface area contributed by atoms with Gasteiger partial charge in [0.1, 0.15) is 24.0 Å². The third-order valence-electron chi connectivity index (χ3n) is 3.00. The van der Waals surface area contributed by atoms with Crippen molar-refractivity contribution in [3.05, 3.63) is 58.6 Å². The second-order valence-corrected chi connectivity index (χ2v) is 4.95. The molecular weight excluding hydrogens is 279 g/mol. The second-order valence-electron chi connectivity index (χ2n) is 4.54. The quantitative estimate of drug-likeness (QED) is 0.783. The molecule has 1 aromatic heterocycles. The van der Waals surface area contributed by atoms with Gasteiger partial charge in [-0.05, 0) is 48.9 Å². The molecule has 20 heavy (non-hydrogen) atoms. The van der Waals surface area contributed by atoms with Gasteiger partial charge in [-0.2, -0.15) is 0 Å². The summed E-state index contributed by atoms with van der Waals surface area (Å²) >= 11 is 5.96. The Hall–Kier alpha value is -2.07. The van der Waals surface area contributed by atoms with Gasteiger partial charge in [-0.1, -0.05) is 11.6 Å². The minimum Gasteiger partial charge on any atom is -0.486 e. The predicted octanol–water partition coefficient (Wildman–Crippen LogP) is 4.24. The topological polar surface area (TPSA) is 37.9 Å². The molecule has 3 aromatic rings. The Morgan fingerprint density at radius 1 is 1.25 bits per heavy atom. The second kappa shape index (κ2) is 5.13. The lowest BCUT2D eigenvalue weighted by molar-refractivity contribution is 0.297. The Kier molecular flexibility index (Phi) is 3.32. The molecule has 0 unspecified atom stereocenters. The van der Waals surface area contributed by atoms with Gasteiger partial charge in [-0.25, -0.2) is 9.37 Å². The summed E-state index contributed by atoms with van der Waals surface area (Å²) in [7, 11) is 0. The maximum absolute atomic E-state index is 13.1. The van der Waals surface area contributed by atoms with Crippen LogP contribution in [0.25, 0.3) is 11.0 Å². The Morgan fingerprint density at radius 2 is 2.10 bits per heavy atom. The number of ether oxygens (including phenoxy) is 1. The molecule has 5 heteroatoms. The van der Waals surface area contributed by atoms with Crippen LogP contribution in [0.5, 0.6) is 5.75 Å². The molecule has 102 valence electrons. The highest BCUT2D eigenvalue weighted by Crippen LogP contribution is 2.22. The van der Waals surface area contributed by atoms with Gasteiger partial charge in [0.2, 0.25) is 0 Å². The number of benzene rings is 2. The fraction of sp³-hybridized carbons (Fsp3) is 0.133. The van der Waals surface area contributed by atoms with E-state index in [2.05, 4.69) is 9.97 Å². The van der Waals surface area contributed by atoms with Gasteiger partial charge in [-0.15, -0.1) is 0 Å². The highest BCUT2D eigenvalue weighted by atomic mass is 35.5. The van der Waals surface area contributed by atoms with E-state index in [1.165, 1.54) is 12.1 Å². The van der Waals surface area contributed by atoms with Crippen molar-refractivity contribution in [2.24, 2.45) is 0 Å². The smallest absolute Gasteiger partial charge is 0.146 e. The highest BCUT2D eigenvalue weighted by Gasteiger charge is 2.05. The zero-order valence-electron chi connectivity index (χ0n) is 10.8. The summed E-state index contributed by atoms with van der Waals surface area (Å²) in [4.78, 5) is 7.37. The fourth-order valence-corrected chi connectivity index (χ4v) is 2.08. The number of hydrogen-bond donors (Lipinski definition) is 1. The van der Waals surface area contributed by atoms with E-state index in [9.17, 15) is 4.39 Å². The third-order valence-corrected chi connectivity index (χ3v) is 3.42. The first-order valence-corrected chi connectivity index (χ1v) is 6.53. The van der Waals surface area contributed by atoms with Crippen molar-refractivity contribution in [3.8, 4) is 5.75 Å². The van der Waals surface area contributed by atoms with Crippen LogP contribution in [-0.2, 0) is 6.61 Å². The van der Waals surface area contributed by atoms with Crippen molar-refractivity contribution >= 4 is 22.6 Å². The molecule has 0 spiro atoms. The molecule has 0 aliphatic rings. The largest absolute Gasteiger partial charge is 0.486 e. The number of hydrogen-bond acceptors (Lipinski definition) is 2. The SMILES string of the molecule is Cc1cc(OCc2nc3ccc(F)cc3[nH]2)ccc1Cl. The van der Waals surface area contributed by atoms with Crippen LogP contribution in [0.3, 0.4) is 0 Å². The average Bonchev–Trinajstić information content (AvgIpc) is 2.82. The van der Waals surface area contributed by atoms with E-state index in [4.69, 9.17) is 16.3 Å². The number of rotatable bonds is 3. The molecule has 0 aliphatic heterocycles. The molecule has 0 radical (unpaired) electrons. The summed E-state index contributed by atoms with van der Waals surface area (Å²) in [6.45, 7) is 2.20. The highest BCUT2D eigenvalue weighted by molar-refractivity contribution is 6.31. The van der Waals surface area contributed by atoms with Crippen molar-refractivity contribution in [2.75, 3.05) is 0 Å². The van der Waals surface area contributed by atoms with Crippen LogP contribution in [0.4, 0.5) is 4.39 Å². The number of aromatic amines is 1. The Morgan fingerprint density at radius 3 is 2.90 bits per heavy atom. The zero-order valence-corrected chi connectivity index (χ0v) is 11.5. The zero-order chi connectivity index (χ0) is 14.1. The van der Waals surface area contributed by atoms with Crippen molar-refractivity contribution in [1.82, 2.24) is 9.97 Å². The molecule has 0 atom stereocenters. The van der Waals surface area contributed by atoms with Crippen molar-refractivity contribution in [3.63, 3.8) is 0 Å². The molecule has 3 rings (SSSR count). The van der Waals surface area contributed by atoms with E-state index < -0.39 is 0 Å². The Balaban J connectivity index is 1.77. The van der Waals surface area contributed by atoms with Crippen LogP contribution in [0.1, 0.15) is 11.4 Å². The van der Waals surface area contributed by atoms with E-state index in [-0.39, 0.29) is 12.4 Å². The molecule has 0 bridgehead atoms. The van der Waals surface area contributed by atoms with Gasteiger partial charge >= 0.3 is 0 Å². The molecule has 0 amide bonds. The Bertz CT molecular complexity index is 770. The maximum Gasteiger partial charge on any atom is 0.146 e. The number of nitrogens with zero attached hydrogens (tertiary/aromatic N) is 1. The molecule has 1 heterocycles. The normalized spacial score (nSPS) is 10.9. The van der Waals surface area contributed by atoms with Crippen LogP contribution < -0.4 is 4.74 Å². The van der Waals surface area contributed by atoms with Gasteiger partial charge in [0.25, 0.3) is 0 Å². The lowest BCUT2D eigenvalue weighted by atomic mass is 10.2. The molecule has 1 N–H and O–H groups in total. The summed E-state index contributed by atoms with van der Waals surface area (Å²) < 4.78 is 18.7. The van der Waals surface area contributed by atoms with Crippen molar-refractivity contribution in [2.45, 2.75) is 13.5 Å². The van der Waals surface area contributed by atoms with E-state index in [0.717, 1.165) is 16.8 Å². The fourth-order valence-electron chi connectivity index (χ4n) is 1.96. The first-order chi connectivity index (χ1) is 9.61. The summed E-state index contributed by atoms with van der Waals surface area (Å²) in [6, 6.07) is 9.90. The van der Waals surface area contributed by atoms with E-state index in [0.29, 0.717) is 16.4 Å². The number of aromatic nitrogens is 2. The maximum atomic E-state index is 13.1. The van der Waals surface area contributed by atoms with Crippen LogP contribution in [0.15, 0.2) is 36.4 Å². The van der Waals surface area contributed by atoms with Crippen LogP contribution >= 0.6 is 11.6 Å². The van der Waals surface area contributed by atoms with Crippen molar-refractivity contribution in [1.29, 1.82) is 0 Å². The molecule has 0 saturated heterocycles. The third kappa shape index (κ3) is 2.60. The number of H-pyrrole nitrogens is 1. The Labute approximate surface area is 120 Å². The first kappa shape index (κ1) is 12.9. The number of halogens is 2. The summed E-state index contributed by atoms with van der Waals surface area (Å²) in [5.74, 6) is 1.08. The van der Waals surface area contributed by atoms with Gasteiger partial charge in [-0.3, -0.25) is 0 Å². The van der Waals surface area contributed by atoms with Crippen LogP contribution in [-0.4, -0.2) is 9.97 Å². The molecule has 0 fully saturated rings. The molecule has 0 saturated carbocycles. The summed E-state index contributed by atoms with van der Waals surface area (Å²) in [6.07, 6.45) is 0. The molecule has 3 nitrogen and oxygen atoms in total. The first-order valence-electron chi connectivity index (χ1n) is 6.15. The standard InChI is InChI=1S/C15H12ClFN2O/c1-9-6-11(3-4-12(9)16)20-8-15-18-13-5-2-10(17)7-14(13)19-15/h2-7H,8H2,1H3,(H,18,19). The van der Waals surface area contributed by atoms with E-state index in [1.807, 2.05) is 13.0 Å². The van der Waals surface area contributed by atoms with E-state index >= 15 is 0 Å². The predicted molar refractivity (Wildman–Crippen MR) is 76.6 cm³/mol. The molecule has 2 aromatic carbocycles. The van der Waals surface area contributed by atoms with E-state index in [1.54, 1.807) is 18.2 Å². The van der Waals surface area contributed by atoms with Gasteiger partial charge in [0.05, 0.1) is 11.0 Å². The number of aryl methyl sites for hydroxylation is 1. The van der Waals surface area contributed by atoms with Gasteiger partial charge < -0.3 is 9.72 Å². The summed E-state index contributed by atoms with van der Waals surface area (Å²) in [5, 5.41) is 0.705. The number of nitrogens with one attached hydrogen (secondary N) is 1. The molecular formula is C15H12ClFN2O. The van der Waals surface area contributed by atoms with Gasteiger partial charge in [0.15, 0.2) is 0 Å². The van der Waals surface area contributed by atoms with Gasteiger partial charge in [0, 0.05) is 5.02 Å². The van der Waals surface area contributed by atoms with Crippen LogP contribution in [0.2, 0.25) is 5.02 Å². The minimum absolute atomic E-state index is 0.289. The lowest BCUT2D eigenvalue weighted by Crippen LogP contribution is -1.97. The monoisotopic (exact) mass is 290 g/mol. The van der Waals surface area contributed by atoms with Crippen LogP contribution in [0, 0.1) is 12.7 Å².